The molecular formula is C14H14FN3O3. The normalized spacial score (nSPS) is 17.0. The van der Waals surface area contributed by atoms with Gasteiger partial charge in [-0.3, -0.25) is 0 Å². The summed E-state index contributed by atoms with van der Waals surface area (Å²) in [5, 5.41) is 12.1. The largest absolute Gasteiger partial charge is 0.494 e. The number of rotatable bonds is 3. The van der Waals surface area contributed by atoms with Gasteiger partial charge in [-0.15, -0.1) is 0 Å². The molecule has 1 atom stereocenters. The van der Waals surface area contributed by atoms with E-state index in [-0.39, 0.29) is 17.5 Å². The number of carboxylic acids is 1. The molecule has 0 saturated carbocycles. The lowest BCUT2D eigenvalue weighted by Crippen LogP contribution is -2.23. The van der Waals surface area contributed by atoms with Gasteiger partial charge in [0.25, 0.3) is 0 Å². The van der Waals surface area contributed by atoms with Crippen LogP contribution in [0.2, 0.25) is 0 Å². The molecule has 1 unspecified atom stereocenters. The van der Waals surface area contributed by atoms with Crippen molar-refractivity contribution in [3.63, 3.8) is 0 Å². The summed E-state index contributed by atoms with van der Waals surface area (Å²) in [4.78, 5) is 15.0. The summed E-state index contributed by atoms with van der Waals surface area (Å²) >= 11 is 0. The second-order valence-electron chi connectivity index (χ2n) is 4.79. The van der Waals surface area contributed by atoms with E-state index in [9.17, 15) is 9.18 Å². The predicted molar refractivity (Wildman–Crippen MR) is 73.4 cm³/mol. The maximum atomic E-state index is 13.9. The monoisotopic (exact) mass is 291 g/mol. The number of carboxylic acid groups (broad SMARTS) is 1. The lowest BCUT2D eigenvalue weighted by Gasteiger charge is -2.26. The first-order valence-corrected chi connectivity index (χ1v) is 6.49. The van der Waals surface area contributed by atoms with Gasteiger partial charge in [-0.2, -0.15) is 0 Å². The molecular weight excluding hydrogens is 277 g/mol. The number of anilines is 1. The number of halogens is 1. The van der Waals surface area contributed by atoms with Crippen molar-refractivity contribution in [1.82, 2.24) is 9.55 Å². The number of nitrogens with one attached hydrogen (secondary N) is 1. The van der Waals surface area contributed by atoms with Crippen LogP contribution in [0, 0.1) is 5.82 Å². The second-order valence-corrected chi connectivity index (χ2v) is 4.79. The molecule has 7 heteroatoms. The SMILES string of the molecule is COc1ccc(C2CCNc3nc(C(=O)O)cn32)cc1F. The van der Waals surface area contributed by atoms with Crippen LogP contribution in [0.4, 0.5) is 10.3 Å². The number of hydrogen-bond donors (Lipinski definition) is 2. The van der Waals surface area contributed by atoms with E-state index in [2.05, 4.69) is 10.3 Å². The third-order valence-corrected chi connectivity index (χ3v) is 3.55. The number of benzene rings is 1. The molecule has 0 fully saturated rings. The number of aromatic nitrogens is 2. The number of imidazole rings is 1. The van der Waals surface area contributed by atoms with Crippen molar-refractivity contribution in [2.24, 2.45) is 0 Å². The smallest absolute Gasteiger partial charge is 0.356 e. The number of fused-ring (bicyclic) bond motifs is 1. The summed E-state index contributed by atoms with van der Waals surface area (Å²) in [6.45, 7) is 0.647. The first kappa shape index (κ1) is 13.4. The van der Waals surface area contributed by atoms with Crippen LogP contribution >= 0.6 is 0 Å². The van der Waals surface area contributed by atoms with E-state index in [0.717, 1.165) is 5.56 Å². The summed E-state index contributed by atoms with van der Waals surface area (Å²) in [5.41, 5.74) is 0.726. The number of carbonyl (C=O) groups is 1. The molecule has 1 aliphatic rings. The Kier molecular flexibility index (Phi) is 3.25. The fraction of sp³-hybridized carbons (Fsp3) is 0.286. The maximum absolute atomic E-state index is 13.9. The third-order valence-electron chi connectivity index (χ3n) is 3.55. The van der Waals surface area contributed by atoms with Gasteiger partial charge in [-0.1, -0.05) is 6.07 Å². The molecule has 2 heterocycles. The molecule has 2 N–H and O–H groups in total. The Morgan fingerprint density at radius 2 is 2.38 bits per heavy atom. The molecule has 1 aliphatic heterocycles. The summed E-state index contributed by atoms with van der Waals surface area (Å²) in [5.74, 6) is -0.850. The molecule has 0 saturated heterocycles. The lowest BCUT2D eigenvalue weighted by atomic mass is 10.0. The van der Waals surface area contributed by atoms with Gasteiger partial charge in [0, 0.05) is 12.7 Å². The maximum Gasteiger partial charge on any atom is 0.356 e. The van der Waals surface area contributed by atoms with Gasteiger partial charge in [0.05, 0.1) is 13.2 Å². The Morgan fingerprint density at radius 3 is 3.05 bits per heavy atom. The standard InChI is InChI=1S/C14H14FN3O3/c1-21-12-3-2-8(6-9(12)15)11-4-5-16-14-17-10(13(19)20)7-18(11)14/h2-3,6-7,11H,4-5H2,1H3,(H,16,17)(H,19,20). The molecule has 110 valence electrons. The number of methoxy groups -OCH3 is 1. The first-order valence-electron chi connectivity index (χ1n) is 6.49. The Labute approximate surface area is 120 Å². The average Bonchev–Trinajstić information content (AvgIpc) is 2.91. The van der Waals surface area contributed by atoms with Gasteiger partial charge in [0.15, 0.2) is 17.3 Å². The molecule has 6 nitrogen and oxygen atoms in total. The summed E-state index contributed by atoms with van der Waals surface area (Å²) < 4.78 is 20.5. The van der Waals surface area contributed by atoms with Crippen molar-refractivity contribution in [3.8, 4) is 5.75 Å². The third kappa shape index (κ3) is 2.31. The van der Waals surface area contributed by atoms with Gasteiger partial charge >= 0.3 is 5.97 Å². The van der Waals surface area contributed by atoms with Crippen molar-refractivity contribution in [1.29, 1.82) is 0 Å². The van der Waals surface area contributed by atoms with E-state index in [0.29, 0.717) is 18.9 Å². The van der Waals surface area contributed by atoms with Crippen LogP contribution < -0.4 is 10.1 Å². The zero-order valence-corrected chi connectivity index (χ0v) is 11.3. The Bertz CT molecular complexity index is 699. The molecule has 0 spiro atoms. The average molecular weight is 291 g/mol. The minimum atomic E-state index is -1.08. The van der Waals surface area contributed by atoms with Crippen molar-refractivity contribution >= 4 is 11.9 Å². The molecule has 21 heavy (non-hydrogen) atoms. The van der Waals surface area contributed by atoms with Gasteiger partial charge < -0.3 is 19.7 Å². The minimum Gasteiger partial charge on any atom is -0.494 e. The van der Waals surface area contributed by atoms with Crippen LogP contribution in [-0.4, -0.2) is 34.3 Å². The molecule has 0 bridgehead atoms. The number of ether oxygens (including phenoxy) is 1. The van der Waals surface area contributed by atoms with Crippen molar-refractivity contribution in [3.05, 3.63) is 41.5 Å². The topological polar surface area (TPSA) is 76.4 Å². The van der Waals surface area contributed by atoms with Crippen molar-refractivity contribution in [2.45, 2.75) is 12.5 Å². The zero-order valence-electron chi connectivity index (χ0n) is 11.3. The molecule has 1 aromatic heterocycles. The fourth-order valence-electron chi connectivity index (χ4n) is 2.54. The van der Waals surface area contributed by atoms with Gasteiger partial charge in [0.1, 0.15) is 0 Å². The van der Waals surface area contributed by atoms with Crippen LogP contribution in [0.15, 0.2) is 24.4 Å². The summed E-state index contributed by atoms with van der Waals surface area (Å²) in [6.07, 6.45) is 2.19. The second kappa shape index (κ2) is 5.08. The van der Waals surface area contributed by atoms with Crippen LogP contribution in [0.5, 0.6) is 5.75 Å². The van der Waals surface area contributed by atoms with E-state index in [1.165, 1.54) is 19.4 Å². The lowest BCUT2D eigenvalue weighted by molar-refractivity contribution is 0.0691. The molecule has 2 aromatic rings. The van der Waals surface area contributed by atoms with Gasteiger partial charge in [-0.05, 0) is 24.1 Å². The molecule has 0 radical (unpaired) electrons. The van der Waals surface area contributed by atoms with Crippen LogP contribution in [0.1, 0.15) is 28.5 Å². The van der Waals surface area contributed by atoms with Crippen molar-refractivity contribution < 1.29 is 19.0 Å². The summed E-state index contributed by atoms with van der Waals surface area (Å²) in [6, 6.07) is 4.62. The summed E-state index contributed by atoms with van der Waals surface area (Å²) in [7, 11) is 1.41. The fourth-order valence-corrected chi connectivity index (χ4v) is 2.54. The number of hydrogen-bond acceptors (Lipinski definition) is 4. The molecule has 0 aliphatic carbocycles. The Morgan fingerprint density at radius 1 is 1.57 bits per heavy atom. The highest BCUT2D eigenvalue weighted by Crippen LogP contribution is 2.31. The van der Waals surface area contributed by atoms with Crippen LogP contribution in [-0.2, 0) is 0 Å². The van der Waals surface area contributed by atoms with Gasteiger partial charge in [-0.25, -0.2) is 14.2 Å². The highest BCUT2D eigenvalue weighted by molar-refractivity contribution is 5.85. The van der Waals surface area contributed by atoms with E-state index < -0.39 is 11.8 Å². The predicted octanol–water partition coefficient (Wildman–Crippen LogP) is 2.13. The van der Waals surface area contributed by atoms with E-state index >= 15 is 0 Å². The first-order chi connectivity index (χ1) is 10.1. The number of nitrogens with zero attached hydrogens (tertiary/aromatic N) is 2. The molecule has 1 aromatic carbocycles. The zero-order chi connectivity index (χ0) is 15.0. The highest BCUT2D eigenvalue weighted by Gasteiger charge is 2.25. The van der Waals surface area contributed by atoms with E-state index in [1.54, 1.807) is 16.7 Å². The minimum absolute atomic E-state index is 0.0293. The van der Waals surface area contributed by atoms with E-state index in [4.69, 9.17) is 9.84 Å². The van der Waals surface area contributed by atoms with Crippen molar-refractivity contribution in [2.75, 3.05) is 19.0 Å². The Balaban J connectivity index is 2.01. The molecule has 3 rings (SSSR count). The van der Waals surface area contributed by atoms with Crippen LogP contribution in [0.25, 0.3) is 0 Å². The van der Waals surface area contributed by atoms with Gasteiger partial charge in [0.2, 0.25) is 5.95 Å². The van der Waals surface area contributed by atoms with E-state index in [1.807, 2.05) is 0 Å². The number of aromatic carboxylic acids is 1. The quantitative estimate of drug-likeness (QED) is 0.906. The van der Waals surface area contributed by atoms with Crippen LogP contribution in [0.3, 0.4) is 0 Å². The Hall–Kier alpha value is -2.57. The molecule has 0 amide bonds. The highest BCUT2D eigenvalue weighted by atomic mass is 19.1.